The third kappa shape index (κ3) is 3.41. The quantitative estimate of drug-likeness (QED) is 0.915. The standard InChI is InChI=1S/C21H24O5/c1-13-8-9-16(14(2)10-13)21-23-12-18-19(26-21)17(11-22)24-20(25-18)15-6-4-3-5-7-15/h3-10,17-22H,11-12H2,1-2H3/t17-,18+,19+,20?,21?/m1/s1. The molecule has 2 heterocycles. The summed E-state index contributed by atoms with van der Waals surface area (Å²) in [4.78, 5) is 0. The molecule has 138 valence electrons. The van der Waals surface area contributed by atoms with Gasteiger partial charge in [-0.05, 0) is 19.4 Å². The third-order valence-corrected chi connectivity index (χ3v) is 4.95. The van der Waals surface area contributed by atoms with Gasteiger partial charge < -0.3 is 24.1 Å². The first-order chi connectivity index (χ1) is 12.7. The van der Waals surface area contributed by atoms with Crippen LogP contribution in [0.3, 0.4) is 0 Å². The molecule has 2 saturated heterocycles. The van der Waals surface area contributed by atoms with Crippen LogP contribution in [-0.2, 0) is 18.9 Å². The number of hydrogen-bond donors (Lipinski definition) is 1. The van der Waals surface area contributed by atoms with E-state index in [-0.39, 0.29) is 18.8 Å². The molecule has 2 aromatic carbocycles. The smallest absolute Gasteiger partial charge is 0.184 e. The lowest BCUT2D eigenvalue weighted by Crippen LogP contribution is -2.55. The van der Waals surface area contributed by atoms with Gasteiger partial charge in [-0.15, -0.1) is 0 Å². The number of aliphatic hydroxyl groups is 1. The summed E-state index contributed by atoms with van der Waals surface area (Å²) in [6.07, 6.45) is -2.13. The summed E-state index contributed by atoms with van der Waals surface area (Å²) in [6, 6.07) is 15.9. The fraction of sp³-hybridized carbons (Fsp3) is 0.429. The Morgan fingerprint density at radius 2 is 1.77 bits per heavy atom. The normalized spacial score (nSPS) is 31.4. The summed E-state index contributed by atoms with van der Waals surface area (Å²) in [6.45, 7) is 4.37. The van der Waals surface area contributed by atoms with Crippen LogP contribution in [0.4, 0.5) is 0 Å². The monoisotopic (exact) mass is 356 g/mol. The van der Waals surface area contributed by atoms with Crippen molar-refractivity contribution in [2.75, 3.05) is 13.2 Å². The van der Waals surface area contributed by atoms with Crippen LogP contribution in [0.2, 0.25) is 0 Å². The molecule has 2 unspecified atom stereocenters. The van der Waals surface area contributed by atoms with Crippen molar-refractivity contribution in [2.24, 2.45) is 0 Å². The van der Waals surface area contributed by atoms with Gasteiger partial charge in [-0.2, -0.15) is 0 Å². The first kappa shape index (κ1) is 17.6. The zero-order valence-electron chi connectivity index (χ0n) is 15.0. The average Bonchev–Trinajstić information content (AvgIpc) is 2.67. The molecule has 0 radical (unpaired) electrons. The van der Waals surface area contributed by atoms with E-state index in [4.69, 9.17) is 18.9 Å². The minimum absolute atomic E-state index is 0.131. The Kier molecular flexibility index (Phi) is 5.07. The van der Waals surface area contributed by atoms with Crippen molar-refractivity contribution in [1.29, 1.82) is 0 Å². The van der Waals surface area contributed by atoms with Crippen LogP contribution in [-0.4, -0.2) is 36.6 Å². The maximum Gasteiger partial charge on any atom is 0.184 e. The van der Waals surface area contributed by atoms with Gasteiger partial charge in [0.15, 0.2) is 12.6 Å². The van der Waals surface area contributed by atoms with Crippen molar-refractivity contribution in [2.45, 2.75) is 44.7 Å². The number of benzene rings is 2. The molecule has 0 aromatic heterocycles. The number of fused-ring (bicyclic) bond motifs is 1. The Morgan fingerprint density at radius 1 is 0.962 bits per heavy atom. The molecule has 5 atom stereocenters. The van der Waals surface area contributed by atoms with E-state index < -0.39 is 18.7 Å². The summed E-state index contributed by atoms with van der Waals surface area (Å²) >= 11 is 0. The topological polar surface area (TPSA) is 57.2 Å². The molecule has 0 spiro atoms. The molecule has 0 aliphatic carbocycles. The van der Waals surface area contributed by atoms with E-state index in [0.717, 1.165) is 16.7 Å². The number of rotatable bonds is 3. The van der Waals surface area contributed by atoms with Crippen LogP contribution < -0.4 is 0 Å². The van der Waals surface area contributed by atoms with Crippen LogP contribution in [0.1, 0.15) is 34.8 Å². The minimum Gasteiger partial charge on any atom is -0.394 e. The second-order valence-electron chi connectivity index (χ2n) is 6.90. The molecule has 5 nitrogen and oxygen atoms in total. The van der Waals surface area contributed by atoms with Crippen LogP contribution >= 0.6 is 0 Å². The Labute approximate surface area is 153 Å². The van der Waals surface area contributed by atoms with Gasteiger partial charge in [-0.25, -0.2) is 0 Å². The molecule has 2 aromatic rings. The molecule has 2 aliphatic rings. The average molecular weight is 356 g/mol. The lowest BCUT2D eigenvalue weighted by molar-refractivity contribution is -0.366. The van der Waals surface area contributed by atoms with Crippen molar-refractivity contribution in [1.82, 2.24) is 0 Å². The highest BCUT2D eigenvalue weighted by molar-refractivity contribution is 5.31. The summed E-state index contributed by atoms with van der Waals surface area (Å²) in [7, 11) is 0. The second-order valence-corrected chi connectivity index (χ2v) is 6.90. The van der Waals surface area contributed by atoms with E-state index in [9.17, 15) is 5.11 Å². The van der Waals surface area contributed by atoms with Gasteiger partial charge in [0, 0.05) is 11.1 Å². The van der Waals surface area contributed by atoms with E-state index in [2.05, 4.69) is 13.0 Å². The van der Waals surface area contributed by atoms with Gasteiger partial charge in [0.1, 0.15) is 18.3 Å². The predicted octanol–water partition coefficient (Wildman–Crippen LogP) is 3.19. The molecular weight excluding hydrogens is 332 g/mol. The van der Waals surface area contributed by atoms with Gasteiger partial charge in [0.25, 0.3) is 0 Å². The van der Waals surface area contributed by atoms with Crippen LogP contribution in [0.25, 0.3) is 0 Å². The molecule has 2 fully saturated rings. The summed E-state index contributed by atoms with van der Waals surface area (Å²) < 4.78 is 24.1. The number of aryl methyl sites for hydroxylation is 2. The van der Waals surface area contributed by atoms with Crippen molar-refractivity contribution < 1.29 is 24.1 Å². The zero-order chi connectivity index (χ0) is 18.1. The van der Waals surface area contributed by atoms with E-state index in [1.54, 1.807) is 0 Å². The first-order valence-electron chi connectivity index (χ1n) is 8.96. The number of aliphatic hydroxyl groups excluding tert-OH is 1. The molecule has 2 aliphatic heterocycles. The molecule has 4 rings (SSSR count). The van der Waals surface area contributed by atoms with Gasteiger partial charge >= 0.3 is 0 Å². The first-order valence-corrected chi connectivity index (χ1v) is 8.96. The van der Waals surface area contributed by atoms with Crippen molar-refractivity contribution in [3.63, 3.8) is 0 Å². The van der Waals surface area contributed by atoms with Crippen LogP contribution in [0.15, 0.2) is 48.5 Å². The van der Waals surface area contributed by atoms with Crippen LogP contribution in [0, 0.1) is 13.8 Å². The Hall–Kier alpha value is -1.76. The zero-order valence-corrected chi connectivity index (χ0v) is 15.0. The minimum atomic E-state index is -0.528. The van der Waals surface area contributed by atoms with E-state index in [0.29, 0.717) is 6.61 Å². The van der Waals surface area contributed by atoms with E-state index >= 15 is 0 Å². The Morgan fingerprint density at radius 3 is 2.50 bits per heavy atom. The maximum atomic E-state index is 9.84. The molecule has 1 N–H and O–H groups in total. The van der Waals surface area contributed by atoms with E-state index in [1.165, 1.54) is 5.56 Å². The highest BCUT2D eigenvalue weighted by Crippen LogP contribution is 2.38. The fourth-order valence-electron chi connectivity index (χ4n) is 3.58. The van der Waals surface area contributed by atoms with Gasteiger partial charge in [-0.1, -0.05) is 54.1 Å². The van der Waals surface area contributed by atoms with Gasteiger partial charge in [-0.3, -0.25) is 0 Å². The van der Waals surface area contributed by atoms with E-state index in [1.807, 2.05) is 49.4 Å². The summed E-state index contributed by atoms with van der Waals surface area (Å²) in [5.74, 6) is 0. The molecule has 26 heavy (non-hydrogen) atoms. The molecular formula is C21H24O5. The highest BCUT2D eigenvalue weighted by Gasteiger charge is 2.45. The summed E-state index contributed by atoms with van der Waals surface area (Å²) in [5.41, 5.74) is 4.23. The SMILES string of the molecule is Cc1ccc(C2OC[C@@H]3OC(c4ccccc4)O[C@H](CO)[C@@H]3O2)c(C)c1. The van der Waals surface area contributed by atoms with Gasteiger partial charge in [0.05, 0.1) is 13.2 Å². The molecule has 5 heteroatoms. The van der Waals surface area contributed by atoms with Crippen molar-refractivity contribution in [3.8, 4) is 0 Å². The Balaban J connectivity index is 1.52. The van der Waals surface area contributed by atoms with Crippen molar-refractivity contribution >= 4 is 0 Å². The molecule has 0 bridgehead atoms. The van der Waals surface area contributed by atoms with Crippen LogP contribution in [0.5, 0.6) is 0 Å². The molecule has 0 saturated carbocycles. The lowest BCUT2D eigenvalue weighted by atomic mass is 10.0. The largest absolute Gasteiger partial charge is 0.394 e. The lowest BCUT2D eigenvalue weighted by Gasteiger charge is -2.45. The number of hydrogen-bond acceptors (Lipinski definition) is 5. The summed E-state index contributed by atoms with van der Waals surface area (Å²) in [5, 5.41) is 9.84. The third-order valence-electron chi connectivity index (χ3n) is 4.95. The highest BCUT2D eigenvalue weighted by atomic mass is 16.8. The molecule has 0 amide bonds. The number of ether oxygens (including phenoxy) is 4. The van der Waals surface area contributed by atoms with Crippen molar-refractivity contribution in [3.05, 3.63) is 70.8 Å². The fourth-order valence-corrected chi connectivity index (χ4v) is 3.58. The predicted molar refractivity (Wildman–Crippen MR) is 95.5 cm³/mol. The Bertz CT molecular complexity index is 739. The van der Waals surface area contributed by atoms with Gasteiger partial charge in [0.2, 0.25) is 0 Å². The second kappa shape index (κ2) is 7.47. The maximum absolute atomic E-state index is 9.84.